The Morgan fingerprint density at radius 2 is 2.00 bits per heavy atom. The van der Waals surface area contributed by atoms with Crippen LogP contribution < -0.4 is 5.32 Å². The Bertz CT molecular complexity index is 718. The number of hydrogen-bond donors (Lipinski definition) is 1. The van der Waals surface area contributed by atoms with Gasteiger partial charge in [-0.1, -0.05) is 18.2 Å². The second-order valence-electron chi connectivity index (χ2n) is 4.22. The molecule has 7 nitrogen and oxygen atoms in total. The van der Waals surface area contributed by atoms with Crippen molar-refractivity contribution >= 4 is 17.3 Å². The van der Waals surface area contributed by atoms with E-state index in [2.05, 4.69) is 15.4 Å². The van der Waals surface area contributed by atoms with Crippen LogP contribution >= 0.6 is 0 Å². The SMILES string of the molecule is O=[N+]([O-])c1ccc(CNc2nc3ccccn3n2)cc1. The predicted molar refractivity (Wildman–Crippen MR) is 73.4 cm³/mol. The molecule has 0 saturated heterocycles. The molecular weight excluding hydrogens is 258 g/mol. The van der Waals surface area contributed by atoms with Gasteiger partial charge in [0.05, 0.1) is 4.92 Å². The number of non-ortho nitro benzene ring substituents is 1. The summed E-state index contributed by atoms with van der Waals surface area (Å²) in [6, 6.07) is 12.0. The highest BCUT2D eigenvalue weighted by Gasteiger charge is 2.05. The fourth-order valence-electron chi connectivity index (χ4n) is 1.82. The molecule has 100 valence electrons. The quantitative estimate of drug-likeness (QED) is 0.580. The summed E-state index contributed by atoms with van der Waals surface area (Å²) in [6.45, 7) is 0.509. The molecule has 0 bridgehead atoms. The molecule has 20 heavy (non-hydrogen) atoms. The molecule has 0 saturated carbocycles. The Hall–Kier alpha value is -2.96. The lowest BCUT2D eigenvalue weighted by Gasteiger charge is -2.01. The molecule has 0 aliphatic carbocycles. The van der Waals surface area contributed by atoms with Crippen molar-refractivity contribution < 1.29 is 4.92 Å². The third-order valence-electron chi connectivity index (χ3n) is 2.84. The Morgan fingerprint density at radius 1 is 1.20 bits per heavy atom. The number of nitrogens with one attached hydrogen (secondary N) is 1. The van der Waals surface area contributed by atoms with Crippen LogP contribution in [0.25, 0.3) is 5.65 Å². The number of aromatic nitrogens is 3. The van der Waals surface area contributed by atoms with Crippen LogP contribution in [0, 0.1) is 10.1 Å². The van der Waals surface area contributed by atoms with E-state index in [0.717, 1.165) is 11.2 Å². The van der Waals surface area contributed by atoms with Gasteiger partial charge in [-0.25, -0.2) is 4.52 Å². The second kappa shape index (κ2) is 4.96. The molecule has 0 amide bonds. The lowest BCUT2D eigenvalue weighted by Crippen LogP contribution is -2.01. The number of benzene rings is 1. The highest BCUT2D eigenvalue weighted by Crippen LogP contribution is 2.13. The summed E-state index contributed by atoms with van der Waals surface area (Å²) in [6.07, 6.45) is 1.82. The van der Waals surface area contributed by atoms with Gasteiger partial charge in [-0.15, -0.1) is 5.10 Å². The summed E-state index contributed by atoms with van der Waals surface area (Å²) in [7, 11) is 0. The van der Waals surface area contributed by atoms with E-state index < -0.39 is 4.92 Å². The van der Waals surface area contributed by atoms with E-state index >= 15 is 0 Å². The molecular formula is C13H11N5O2. The van der Waals surface area contributed by atoms with Crippen molar-refractivity contribution in [2.45, 2.75) is 6.54 Å². The van der Waals surface area contributed by atoms with E-state index in [1.54, 1.807) is 16.6 Å². The first-order valence-electron chi connectivity index (χ1n) is 6.01. The van der Waals surface area contributed by atoms with Gasteiger partial charge in [0.25, 0.3) is 5.69 Å². The lowest BCUT2D eigenvalue weighted by molar-refractivity contribution is -0.384. The van der Waals surface area contributed by atoms with E-state index in [1.807, 2.05) is 24.4 Å². The number of rotatable bonds is 4. The van der Waals surface area contributed by atoms with Crippen LogP contribution in [-0.2, 0) is 6.54 Å². The molecule has 2 heterocycles. The summed E-state index contributed by atoms with van der Waals surface area (Å²) >= 11 is 0. The first-order chi connectivity index (χ1) is 9.72. The summed E-state index contributed by atoms with van der Waals surface area (Å²) in [4.78, 5) is 14.4. The Labute approximate surface area is 114 Å². The number of nitro benzene ring substituents is 1. The van der Waals surface area contributed by atoms with Gasteiger partial charge >= 0.3 is 0 Å². The predicted octanol–water partition coefficient (Wildman–Crippen LogP) is 2.25. The molecule has 0 atom stereocenters. The third-order valence-corrected chi connectivity index (χ3v) is 2.84. The number of fused-ring (bicyclic) bond motifs is 1. The maximum absolute atomic E-state index is 10.6. The number of pyridine rings is 1. The van der Waals surface area contributed by atoms with Crippen molar-refractivity contribution in [3.05, 3.63) is 64.3 Å². The van der Waals surface area contributed by atoms with Gasteiger partial charge in [-0.05, 0) is 17.7 Å². The molecule has 1 N–H and O–H groups in total. The van der Waals surface area contributed by atoms with E-state index in [1.165, 1.54) is 12.1 Å². The molecule has 1 aromatic carbocycles. The summed E-state index contributed by atoms with van der Waals surface area (Å²) < 4.78 is 1.68. The van der Waals surface area contributed by atoms with Crippen LogP contribution in [0.15, 0.2) is 48.7 Å². The molecule has 3 aromatic rings. The molecule has 0 unspecified atom stereocenters. The van der Waals surface area contributed by atoms with Crippen molar-refractivity contribution in [2.24, 2.45) is 0 Å². The smallest absolute Gasteiger partial charge is 0.269 e. The van der Waals surface area contributed by atoms with E-state index in [0.29, 0.717) is 12.5 Å². The van der Waals surface area contributed by atoms with Crippen LogP contribution in [0.1, 0.15) is 5.56 Å². The fourth-order valence-corrected chi connectivity index (χ4v) is 1.82. The summed E-state index contributed by atoms with van der Waals surface area (Å²) in [5, 5.41) is 17.9. The maximum atomic E-state index is 10.6. The minimum absolute atomic E-state index is 0.0830. The third kappa shape index (κ3) is 2.41. The Kier molecular flexibility index (Phi) is 3.00. The van der Waals surface area contributed by atoms with Crippen LogP contribution in [-0.4, -0.2) is 19.5 Å². The van der Waals surface area contributed by atoms with Gasteiger partial charge in [0.2, 0.25) is 5.95 Å². The van der Waals surface area contributed by atoms with Crippen molar-refractivity contribution in [1.82, 2.24) is 14.6 Å². The average Bonchev–Trinajstić information content (AvgIpc) is 2.88. The van der Waals surface area contributed by atoms with Gasteiger partial charge in [-0.2, -0.15) is 4.98 Å². The zero-order chi connectivity index (χ0) is 13.9. The zero-order valence-electron chi connectivity index (χ0n) is 10.4. The molecule has 2 aromatic heterocycles. The minimum Gasteiger partial charge on any atom is -0.349 e. The zero-order valence-corrected chi connectivity index (χ0v) is 10.4. The highest BCUT2D eigenvalue weighted by molar-refractivity contribution is 5.43. The first-order valence-corrected chi connectivity index (χ1v) is 6.01. The Morgan fingerprint density at radius 3 is 2.70 bits per heavy atom. The lowest BCUT2D eigenvalue weighted by atomic mass is 10.2. The van der Waals surface area contributed by atoms with Crippen molar-refractivity contribution in [1.29, 1.82) is 0 Å². The second-order valence-corrected chi connectivity index (χ2v) is 4.22. The number of anilines is 1. The largest absolute Gasteiger partial charge is 0.349 e. The van der Waals surface area contributed by atoms with E-state index in [-0.39, 0.29) is 5.69 Å². The topological polar surface area (TPSA) is 85.4 Å². The monoisotopic (exact) mass is 269 g/mol. The fraction of sp³-hybridized carbons (Fsp3) is 0.0769. The van der Waals surface area contributed by atoms with Crippen molar-refractivity contribution in [3.63, 3.8) is 0 Å². The molecule has 0 aliphatic rings. The van der Waals surface area contributed by atoms with Gasteiger partial charge in [0.15, 0.2) is 5.65 Å². The average molecular weight is 269 g/mol. The maximum Gasteiger partial charge on any atom is 0.269 e. The Balaban J connectivity index is 1.71. The highest BCUT2D eigenvalue weighted by atomic mass is 16.6. The molecule has 0 fully saturated rings. The number of hydrogen-bond acceptors (Lipinski definition) is 5. The summed E-state index contributed by atoms with van der Waals surface area (Å²) in [5.41, 5.74) is 1.77. The van der Waals surface area contributed by atoms with E-state index in [9.17, 15) is 10.1 Å². The van der Waals surface area contributed by atoms with Gasteiger partial charge in [0.1, 0.15) is 0 Å². The number of nitro groups is 1. The normalized spacial score (nSPS) is 10.6. The summed E-state index contributed by atoms with van der Waals surface area (Å²) in [5.74, 6) is 0.523. The molecule has 0 radical (unpaired) electrons. The van der Waals surface area contributed by atoms with Crippen LogP contribution in [0.5, 0.6) is 0 Å². The number of nitrogens with zero attached hydrogens (tertiary/aromatic N) is 4. The molecule has 0 aliphatic heterocycles. The van der Waals surface area contributed by atoms with Crippen LogP contribution in [0.3, 0.4) is 0 Å². The standard InChI is InChI=1S/C13H11N5O2/c19-18(20)11-6-4-10(5-7-11)9-14-13-15-12-3-1-2-8-17(12)16-13/h1-8H,9H2,(H,14,16). The van der Waals surface area contributed by atoms with Crippen LogP contribution in [0.2, 0.25) is 0 Å². The van der Waals surface area contributed by atoms with Crippen molar-refractivity contribution in [2.75, 3.05) is 5.32 Å². The van der Waals surface area contributed by atoms with Gasteiger partial charge < -0.3 is 5.32 Å². The molecule has 0 spiro atoms. The van der Waals surface area contributed by atoms with Crippen molar-refractivity contribution in [3.8, 4) is 0 Å². The minimum atomic E-state index is -0.416. The first kappa shape index (κ1) is 12.1. The molecule has 7 heteroatoms. The van der Waals surface area contributed by atoms with Gasteiger partial charge in [0, 0.05) is 24.9 Å². The molecule has 3 rings (SSSR count). The van der Waals surface area contributed by atoms with Crippen LogP contribution in [0.4, 0.5) is 11.6 Å². The van der Waals surface area contributed by atoms with Gasteiger partial charge in [-0.3, -0.25) is 10.1 Å². The van der Waals surface area contributed by atoms with E-state index in [4.69, 9.17) is 0 Å².